The first kappa shape index (κ1) is 15.6. The van der Waals surface area contributed by atoms with Crippen LogP contribution >= 0.6 is 0 Å². The van der Waals surface area contributed by atoms with Crippen LogP contribution in [0.4, 0.5) is 0 Å². The molecule has 0 radical (unpaired) electrons. The first-order valence-electron chi connectivity index (χ1n) is 9.33. The second-order valence-electron chi connectivity index (χ2n) is 7.42. The zero-order valence-corrected chi connectivity index (χ0v) is 15.2. The van der Waals surface area contributed by atoms with E-state index >= 15 is 0 Å². The van der Waals surface area contributed by atoms with E-state index in [0.717, 1.165) is 24.3 Å². The fourth-order valence-corrected chi connectivity index (χ4v) is 4.39. The second kappa shape index (κ2) is 5.95. The molecule has 1 aliphatic heterocycles. The highest BCUT2D eigenvalue weighted by atomic mass is 15.3. The van der Waals surface area contributed by atoms with Gasteiger partial charge in [-0.1, -0.05) is 6.07 Å². The quantitative estimate of drug-likeness (QED) is 0.578. The van der Waals surface area contributed by atoms with E-state index in [2.05, 4.69) is 64.8 Å². The van der Waals surface area contributed by atoms with E-state index in [1.54, 1.807) is 6.33 Å². The molecule has 4 heterocycles. The number of pyridine rings is 1. The molecule has 3 aromatic heterocycles. The predicted molar refractivity (Wildman–Crippen MR) is 105 cm³/mol. The largest absolute Gasteiger partial charge is 0.361 e. The van der Waals surface area contributed by atoms with E-state index in [9.17, 15) is 0 Å². The van der Waals surface area contributed by atoms with E-state index in [1.807, 2.05) is 4.52 Å². The van der Waals surface area contributed by atoms with Crippen molar-refractivity contribution in [3.63, 3.8) is 0 Å². The smallest absolute Gasteiger partial charge is 0.158 e. The van der Waals surface area contributed by atoms with Crippen LogP contribution in [0.1, 0.15) is 35.4 Å². The van der Waals surface area contributed by atoms with E-state index < -0.39 is 0 Å². The fraction of sp³-hybridized carbons (Fsp3) is 0.333. The molecule has 1 saturated heterocycles. The summed E-state index contributed by atoms with van der Waals surface area (Å²) >= 11 is 0. The van der Waals surface area contributed by atoms with Gasteiger partial charge in [-0.25, -0.2) is 9.50 Å². The van der Waals surface area contributed by atoms with Crippen LogP contribution in [-0.4, -0.2) is 32.7 Å². The minimum Gasteiger partial charge on any atom is -0.361 e. The summed E-state index contributed by atoms with van der Waals surface area (Å²) in [4.78, 5) is 7.84. The number of H-pyrrole nitrogens is 1. The predicted octanol–water partition coefficient (Wildman–Crippen LogP) is 3.96. The van der Waals surface area contributed by atoms with Crippen molar-refractivity contribution in [2.24, 2.45) is 0 Å². The number of piperidine rings is 1. The van der Waals surface area contributed by atoms with Gasteiger partial charge in [0.2, 0.25) is 0 Å². The number of nitrogens with one attached hydrogen (secondary N) is 2. The molecule has 0 aliphatic carbocycles. The average molecular weight is 345 g/mol. The van der Waals surface area contributed by atoms with Gasteiger partial charge in [-0.3, -0.25) is 0 Å². The lowest BCUT2D eigenvalue weighted by molar-refractivity contribution is 0.462. The average Bonchev–Trinajstić information content (AvgIpc) is 3.29. The van der Waals surface area contributed by atoms with Gasteiger partial charge in [-0.15, -0.1) is 0 Å². The van der Waals surface area contributed by atoms with E-state index in [0.29, 0.717) is 5.92 Å². The summed E-state index contributed by atoms with van der Waals surface area (Å²) < 4.78 is 1.86. The maximum Gasteiger partial charge on any atom is 0.158 e. The van der Waals surface area contributed by atoms with Crippen molar-refractivity contribution in [2.75, 3.05) is 13.1 Å². The molecule has 1 aliphatic rings. The molecule has 1 aromatic carbocycles. The SMILES string of the molecule is Cc1cc(-c2cc(C)c3ncnn3c2)cc2[nH]cc(C3CCNCC3)c12. The number of aromatic nitrogens is 4. The first-order valence-corrected chi connectivity index (χ1v) is 9.33. The van der Waals surface area contributed by atoms with Gasteiger partial charge >= 0.3 is 0 Å². The van der Waals surface area contributed by atoms with Crippen molar-refractivity contribution in [2.45, 2.75) is 32.6 Å². The van der Waals surface area contributed by atoms with E-state index in [-0.39, 0.29) is 0 Å². The van der Waals surface area contributed by atoms with Gasteiger partial charge in [0, 0.05) is 28.9 Å². The molecule has 0 atom stereocenters. The molecule has 0 amide bonds. The van der Waals surface area contributed by atoms with Crippen LogP contribution in [0.25, 0.3) is 27.7 Å². The molecule has 4 aromatic rings. The highest BCUT2D eigenvalue weighted by Gasteiger charge is 2.20. The number of aromatic amines is 1. The Balaban J connectivity index is 1.63. The lowest BCUT2D eigenvalue weighted by atomic mass is 9.88. The third-order valence-corrected chi connectivity index (χ3v) is 5.68. The third-order valence-electron chi connectivity index (χ3n) is 5.68. The van der Waals surface area contributed by atoms with Crippen molar-refractivity contribution in [1.82, 2.24) is 24.9 Å². The molecule has 0 unspecified atom stereocenters. The molecular weight excluding hydrogens is 322 g/mol. The highest BCUT2D eigenvalue weighted by molar-refractivity contribution is 5.91. The summed E-state index contributed by atoms with van der Waals surface area (Å²) in [5.41, 5.74) is 8.49. The molecule has 26 heavy (non-hydrogen) atoms. The number of fused-ring (bicyclic) bond motifs is 2. The molecule has 2 N–H and O–H groups in total. The van der Waals surface area contributed by atoms with E-state index in [1.165, 1.54) is 46.0 Å². The van der Waals surface area contributed by atoms with Gasteiger partial charge in [-0.2, -0.15) is 5.10 Å². The maximum atomic E-state index is 4.32. The summed E-state index contributed by atoms with van der Waals surface area (Å²) in [5.74, 6) is 0.656. The van der Waals surface area contributed by atoms with Crippen LogP contribution in [0.2, 0.25) is 0 Å². The number of aryl methyl sites for hydroxylation is 2. The topological polar surface area (TPSA) is 58.0 Å². The minimum absolute atomic E-state index is 0.656. The maximum absolute atomic E-state index is 4.32. The lowest BCUT2D eigenvalue weighted by Gasteiger charge is -2.22. The monoisotopic (exact) mass is 345 g/mol. The number of rotatable bonds is 2. The lowest BCUT2D eigenvalue weighted by Crippen LogP contribution is -2.26. The van der Waals surface area contributed by atoms with Gasteiger partial charge in [0.1, 0.15) is 6.33 Å². The molecule has 0 bridgehead atoms. The number of hydrogen-bond acceptors (Lipinski definition) is 3. The third kappa shape index (κ3) is 2.42. The standard InChI is InChI=1S/C21H23N5/c1-13-7-16(17-8-14(2)21-24-12-25-26(21)11-17)9-19-20(13)18(10-23-19)15-3-5-22-6-4-15/h7-12,15,22-23H,3-6H2,1-2H3. The summed E-state index contributed by atoms with van der Waals surface area (Å²) in [5, 5.41) is 9.17. The molecule has 5 heteroatoms. The van der Waals surface area contributed by atoms with Crippen LogP contribution in [-0.2, 0) is 0 Å². The Hall–Kier alpha value is -2.66. The van der Waals surface area contributed by atoms with Gasteiger partial charge in [0.15, 0.2) is 5.65 Å². The number of nitrogens with zero attached hydrogens (tertiary/aromatic N) is 3. The van der Waals surface area contributed by atoms with Crippen LogP contribution < -0.4 is 5.32 Å². The van der Waals surface area contributed by atoms with Crippen LogP contribution in [0, 0.1) is 13.8 Å². The Morgan fingerprint density at radius 2 is 1.85 bits per heavy atom. The second-order valence-corrected chi connectivity index (χ2v) is 7.42. The van der Waals surface area contributed by atoms with Crippen molar-refractivity contribution in [3.05, 3.63) is 53.6 Å². The van der Waals surface area contributed by atoms with Crippen LogP contribution in [0.3, 0.4) is 0 Å². The summed E-state index contributed by atoms with van der Waals surface area (Å²) in [7, 11) is 0. The number of hydrogen-bond donors (Lipinski definition) is 2. The molecule has 132 valence electrons. The van der Waals surface area contributed by atoms with Crippen LogP contribution in [0.5, 0.6) is 0 Å². The first-order chi connectivity index (χ1) is 12.7. The van der Waals surface area contributed by atoms with Gasteiger partial charge in [0.25, 0.3) is 0 Å². The molecular formula is C21H23N5. The Kier molecular flexibility index (Phi) is 3.57. The number of benzene rings is 1. The zero-order chi connectivity index (χ0) is 17.7. The van der Waals surface area contributed by atoms with Gasteiger partial charge < -0.3 is 10.3 Å². The molecule has 1 fully saturated rings. The Labute approximate surface area is 152 Å². The van der Waals surface area contributed by atoms with Crippen molar-refractivity contribution < 1.29 is 0 Å². The summed E-state index contributed by atoms with van der Waals surface area (Å²) in [6, 6.07) is 6.77. The Morgan fingerprint density at radius 1 is 1.04 bits per heavy atom. The van der Waals surface area contributed by atoms with Crippen molar-refractivity contribution in [1.29, 1.82) is 0 Å². The van der Waals surface area contributed by atoms with E-state index in [4.69, 9.17) is 0 Å². The van der Waals surface area contributed by atoms with Gasteiger partial charge in [-0.05, 0) is 80.1 Å². The van der Waals surface area contributed by atoms with Crippen LogP contribution in [0.15, 0.2) is 36.9 Å². The molecule has 5 nitrogen and oxygen atoms in total. The zero-order valence-electron chi connectivity index (χ0n) is 15.2. The normalized spacial score (nSPS) is 15.9. The fourth-order valence-electron chi connectivity index (χ4n) is 4.39. The molecule has 0 spiro atoms. The van der Waals surface area contributed by atoms with Crippen molar-refractivity contribution >= 4 is 16.6 Å². The van der Waals surface area contributed by atoms with Crippen molar-refractivity contribution in [3.8, 4) is 11.1 Å². The van der Waals surface area contributed by atoms with Gasteiger partial charge in [0.05, 0.1) is 0 Å². The highest BCUT2D eigenvalue weighted by Crippen LogP contribution is 2.36. The molecule has 5 rings (SSSR count). The summed E-state index contributed by atoms with van der Waals surface area (Å²) in [6.07, 6.45) is 8.33. The Morgan fingerprint density at radius 3 is 2.69 bits per heavy atom. The Bertz CT molecular complexity index is 1100. The summed E-state index contributed by atoms with van der Waals surface area (Å²) in [6.45, 7) is 6.55. The molecule has 0 saturated carbocycles. The minimum atomic E-state index is 0.656.